The molecule has 0 radical (unpaired) electrons. The molecule has 3 aliphatic carbocycles. The summed E-state index contributed by atoms with van der Waals surface area (Å²) in [5.41, 5.74) is 6.18. The van der Waals surface area contributed by atoms with Gasteiger partial charge in [-0.05, 0) is 97.3 Å². The highest BCUT2D eigenvalue weighted by atomic mass is 31.2. The number of hydrogen-bond donors (Lipinski definition) is 1. The van der Waals surface area contributed by atoms with Gasteiger partial charge in [-0.3, -0.25) is 9.36 Å². The highest BCUT2D eigenvalue weighted by Crippen LogP contribution is 2.63. The van der Waals surface area contributed by atoms with Crippen LogP contribution in [-0.2, 0) is 14.1 Å². The van der Waals surface area contributed by atoms with Gasteiger partial charge in [-0.25, -0.2) is 0 Å². The Balaban J connectivity index is 1.65. The second-order valence-corrected chi connectivity index (χ2v) is 14.4. The zero-order valence-electron chi connectivity index (χ0n) is 22.3. The van der Waals surface area contributed by atoms with E-state index in [1.54, 1.807) is 0 Å². The van der Waals surface area contributed by atoms with Gasteiger partial charge in [0.05, 0.1) is 12.2 Å². The Morgan fingerprint density at radius 3 is 2.50 bits per heavy atom. The molecule has 1 heterocycles. The summed E-state index contributed by atoms with van der Waals surface area (Å²) < 4.78 is 18.9. The molecule has 0 bridgehead atoms. The standard InChI is InChI=1S/C31H41O4P/c1-20-6-7-24-18-25(32)10-13-27(24)29(20)28(23-8-11-26(12-9-23)36(5,33)34)19-30(4)21(2)14-16-31(30)22(3)15-17-35-31/h8-9,11-12,18,20-21,28H,3,6-7,10,13-17,19H2,1-2,4-5H3,(H,33,34)/t20-,21?,28-,30+,31-/m1/s1. The summed E-state index contributed by atoms with van der Waals surface area (Å²) in [5.74, 6) is 1.33. The van der Waals surface area contributed by atoms with E-state index in [1.165, 1.54) is 34.5 Å². The lowest BCUT2D eigenvalue weighted by molar-refractivity contribution is -0.114. The van der Waals surface area contributed by atoms with Crippen molar-refractivity contribution in [2.24, 2.45) is 17.3 Å². The van der Waals surface area contributed by atoms with E-state index >= 15 is 0 Å². The van der Waals surface area contributed by atoms with Crippen LogP contribution in [-0.4, -0.2) is 29.5 Å². The SMILES string of the molecule is C=C1CCO[C@]12CCC(C)[C@]2(C)C[C@@H](C1=C2CCC(=O)C=C2CC[C@H]1C)c1ccc(P(C)(=O)O)cc1. The molecule has 1 saturated carbocycles. The number of benzene rings is 1. The highest BCUT2D eigenvalue weighted by molar-refractivity contribution is 7.65. The third kappa shape index (κ3) is 4.14. The van der Waals surface area contributed by atoms with Gasteiger partial charge in [0.25, 0.3) is 0 Å². The van der Waals surface area contributed by atoms with Gasteiger partial charge in [0, 0.05) is 29.7 Å². The first kappa shape index (κ1) is 25.9. The molecule has 2 fully saturated rings. The Hall–Kier alpha value is -1.74. The fraction of sp³-hybridized carbons (Fsp3) is 0.581. The maximum absolute atomic E-state index is 12.3. The summed E-state index contributed by atoms with van der Waals surface area (Å²) in [6.07, 6.45) is 9.36. The predicted octanol–water partition coefficient (Wildman–Crippen LogP) is 6.85. The van der Waals surface area contributed by atoms with Crippen LogP contribution in [0.5, 0.6) is 0 Å². The maximum atomic E-state index is 12.3. The normalized spacial score (nSPS) is 35.1. The topological polar surface area (TPSA) is 63.6 Å². The van der Waals surface area contributed by atoms with Crippen LogP contribution in [0.15, 0.2) is 59.2 Å². The first-order valence-corrected chi connectivity index (χ1v) is 15.8. The van der Waals surface area contributed by atoms with Gasteiger partial charge in [0.1, 0.15) is 0 Å². The van der Waals surface area contributed by atoms with E-state index in [1.807, 2.05) is 18.2 Å². The molecule has 0 aromatic heterocycles. The zero-order chi connectivity index (χ0) is 25.9. The predicted molar refractivity (Wildman–Crippen MR) is 146 cm³/mol. The van der Waals surface area contributed by atoms with E-state index in [-0.39, 0.29) is 22.7 Å². The summed E-state index contributed by atoms with van der Waals surface area (Å²) in [4.78, 5) is 22.4. The van der Waals surface area contributed by atoms with Crippen LogP contribution in [0.4, 0.5) is 0 Å². The molecule has 1 aliphatic heterocycles. The van der Waals surface area contributed by atoms with E-state index in [4.69, 9.17) is 4.74 Å². The number of carbonyl (C=O) groups excluding carboxylic acids is 1. The summed E-state index contributed by atoms with van der Waals surface area (Å²) >= 11 is 0. The average molecular weight is 509 g/mol. The van der Waals surface area contributed by atoms with E-state index in [0.29, 0.717) is 23.6 Å². The molecule has 4 nitrogen and oxygen atoms in total. The van der Waals surface area contributed by atoms with Crippen LogP contribution >= 0.6 is 7.37 Å². The number of fused-ring (bicyclic) bond motifs is 1. The first-order valence-electron chi connectivity index (χ1n) is 13.7. The minimum Gasteiger partial charge on any atom is -0.370 e. The average Bonchev–Trinajstić information content (AvgIpc) is 3.33. The molecule has 1 spiro atoms. The van der Waals surface area contributed by atoms with Crippen LogP contribution in [0, 0.1) is 17.3 Å². The summed E-state index contributed by atoms with van der Waals surface area (Å²) in [5, 5.41) is 0.493. The smallest absolute Gasteiger partial charge is 0.226 e. The van der Waals surface area contributed by atoms with Crippen molar-refractivity contribution in [2.45, 2.75) is 83.7 Å². The number of ether oxygens (including phenoxy) is 1. The monoisotopic (exact) mass is 508 g/mol. The van der Waals surface area contributed by atoms with E-state index in [2.05, 4.69) is 39.5 Å². The fourth-order valence-electron chi connectivity index (χ4n) is 7.77. The Morgan fingerprint density at radius 1 is 1.14 bits per heavy atom. The number of carbonyl (C=O) groups is 1. The molecule has 194 valence electrons. The number of allylic oxidation sites excluding steroid dienone is 4. The summed E-state index contributed by atoms with van der Waals surface area (Å²) in [6, 6.07) is 7.81. The molecule has 5 heteroatoms. The molecule has 4 aliphatic rings. The third-order valence-corrected chi connectivity index (χ3v) is 11.4. The number of ketones is 1. The molecule has 5 rings (SSSR count). The van der Waals surface area contributed by atoms with Crippen LogP contribution in [0.1, 0.15) is 83.6 Å². The van der Waals surface area contributed by atoms with Gasteiger partial charge in [0.2, 0.25) is 7.37 Å². The third-order valence-electron chi connectivity index (χ3n) is 10.1. The molecule has 1 aromatic rings. The van der Waals surface area contributed by atoms with E-state index < -0.39 is 7.37 Å². The molecule has 36 heavy (non-hydrogen) atoms. The molecule has 1 N–H and O–H groups in total. The maximum Gasteiger partial charge on any atom is 0.226 e. The van der Waals surface area contributed by atoms with Gasteiger partial charge in [-0.15, -0.1) is 0 Å². The van der Waals surface area contributed by atoms with Gasteiger partial charge < -0.3 is 9.63 Å². The van der Waals surface area contributed by atoms with Gasteiger partial charge in [-0.1, -0.05) is 45.1 Å². The summed E-state index contributed by atoms with van der Waals surface area (Å²) in [7, 11) is -3.32. The second kappa shape index (κ2) is 9.22. The van der Waals surface area contributed by atoms with Crippen LogP contribution in [0.25, 0.3) is 0 Å². The molecule has 1 aromatic carbocycles. The van der Waals surface area contributed by atoms with Crippen molar-refractivity contribution in [3.8, 4) is 0 Å². The van der Waals surface area contributed by atoms with E-state index in [0.717, 1.165) is 51.6 Å². The van der Waals surface area contributed by atoms with Crippen molar-refractivity contribution in [1.29, 1.82) is 0 Å². The van der Waals surface area contributed by atoms with Gasteiger partial charge >= 0.3 is 0 Å². The molecule has 2 unspecified atom stereocenters. The van der Waals surface area contributed by atoms with Crippen molar-refractivity contribution in [1.82, 2.24) is 0 Å². The van der Waals surface area contributed by atoms with Gasteiger partial charge in [-0.2, -0.15) is 0 Å². The van der Waals surface area contributed by atoms with E-state index in [9.17, 15) is 14.3 Å². The lowest BCUT2D eigenvalue weighted by Crippen LogP contribution is -2.46. The first-order chi connectivity index (χ1) is 17.0. The lowest BCUT2D eigenvalue weighted by Gasteiger charge is -2.47. The van der Waals surface area contributed by atoms with Crippen molar-refractivity contribution >= 4 is 18.5 Å². The van der Waals surface area contributed by atoms with Crippen molar-refractivity contribution < 1.29 is 19.0 Å². The highest BCUT2D eigenvalue weighted by Gasteiger charge is 2.60. The Bertz CT molecular complexity index is 1190. The Kier molecular flexibility index (Phi) is 6.63. The van der Waals surface area contributed by atoms with Crippen LogP contribution in [0.2, 0.25) is 0 Å². The fourth-order valence-corrected chi connectivity index (χ4v) is 8.47. The van der Waals surface area contributed by atoms with Crippen LogP contribution in [0.3, 0.4) is 0 Å². The molecule has 6 atom stereocenters. The van der Waals surface area contributed by atoms with Crippen molar-refractivity contribution in [3.63, 3.8) is 0 Å². The van der Waals surface area contributed by atoms with Gasteiger partial charge in [0.15, 0.2) is 5.78 Å². The molecule has 0 amide bonds. The molecular formula is C31H41O4P. The Labute approximate surface area is 216 Å². The second-order valence-electron chi connectivity index (χ2n) is 12.1. The largest absolute Gasteiger partial charge is 0.370 e. The minimum absolute atomic E-state index is 0.0694. The Morgan fingerprint density at radius 2 is 1.86 bits per heavy atom. The van der Waals surface area contributed by atoms with Crippen LogP contribution < -0.4 is 5.30 Å². The quantitative estimate of drug-likeness (QED) is 0.349. The van der Waals surface area contributed by atoms with Crippen molar-refractivity contribution in [2.75, 3.05) is 13.3 Å². The number of rotatable bonds is 5. The van der Waals surface area contributed by atoms with Crippen molar-refractivity contribution in [3.05, 3.63) is 64.8 Å². The number of hydrogen-bond acceptors (Lipinski definition) is 3. The minimum atomic E-state index is -3.32. The molecule has 1 saturated heterocycles. The zero-order valence-corrected chi connectivity index (χ0v) is 23.2. The molecular weight excluding hydrogens is 467 g/mol. The lowest BCUT2D eigenvalue weighted by atomic mass is 9.60. The summed E-state index contributed by atoms with van der Waals surface area (Å²) in [6.45, 7) is 13.8.